The number of nitrogens with zero attached hydrogens (tertiary/aromatic N) is 1. The second-order valence-electron chi connectivity index (χ2n) is 9.51. The van der Waals surface area contributed by atoms with E-state index in [1.54, 1.807) is 20.8 Å². The summed E-state index contributed by atoms with van der Waals surface area (Å²) in [5.74, 6) is -2.17. The van der Waals surface area contributed by atoms with Crippen molar-refractivity contribution in [1.82, 2.24) is 16.0 Å². The van der Waals surface area contributed by atoms with E-state index in [9.17, 15) is 24.5 Å². The van der Waals surface area contributed by atoms with Gasteiger partial charge >= 0.3 is 0 Å². The number of nitrogens with one attached hydrogen (secondary N) is 3. The van der Waals surface area contributed by atoms with Crippen molar-refractivity contribution in [3.05, 3.63) is 46.0 Å². The zero-order valence-electron chi connectivity index (χ0n) is 19.8. The average molecular weight is 449 g/mol. The number of benzene rings is 1. The molecule has 0 radical (unpaired) electrons. The first-order valence-electron chi connectivity index (χ1n) is 10.8. The van der Waals surface area contributed by atoms with Gasteiger partial charge in [0, 0.05) is 18.4 Å². The quantitative estimate of drug-likeness (QED) is 0.352. The summed E-state index contributed by atoms with van der Waals surface area (Å²) in [6.07, 6.45) is 0.620. The van der Waals surface area contributed by atoms with E-state index in [2.05, 4.69) is 16.0 Å². The van der Waals surface area contributed by atoms with Crippen LogP contribution in [-0.4, -0.2) is 48.3 Å². The fraction of sp³-hybridized carbons (Fsp3) is 0.609. The summed E-state index contributed by atoms with van der Waals surface area (Å²) in [7, 11) is 1.49. The van der Waals surface area contributed by atoms with Gasteiger partial charge in [-0.25, -0.2) is 0 Å². The molecule has 1 rings (SSSR count). The largest absolute Gasteiger partial charge is 0.357 e. The van der Waals surface area contributed by atoms with E-state index in [-0.39, 0.29) is 18.2 Å². The highest BCUT2D eigenvalue weighted by atomic mass is 16.6. The van der Waals surface area contributed by atoms with Gasteiger partial charge in [-0.05, 0) is 23.3 Å². The second-order valence-corrected chi connectivity index (χ2v) is 9.51. The molecule has 0 bridgehead atoms. The Morgan fingerprint density at radius 1 is 1.00 bits per heavy atom. The van der Waals surface area contributed by atoms with Gasteiger partial charge in [0.1, 0.15) is 18.0 Å². The molecule has 178 valence electrons. The molecule has 9 nitrogen and oxygen atoms in total. The highest BCUT2D eigenvalue weighted by molar-refractivity contribution is 5.93. The molecule has 3 N–H and O–H groups in total. The highest BCUT2D eigenvalue weighted by Gasteiger charge is 2.37. The number of carbonyl (C=O) groups excluding carboxylic acids is 3. The van der Waals surface area contributed by atoms with Crippen LogP contribution in [0.25, 0.3) is 0 Å². The molecule has 0 heterocycles. The van der Waals surface area contributed by atoms with Crippen molar-refractivity contribution < 1.29 is 19.3 Å². The third-order valence-electron chi connectivity index (χ3n) is 5.07. The smallest absolute Gasteiger partial charge is 0.243 e. The lowest BCUT2D eigenvalue weighted by atomic mass is 9.85. The first-order chi connectivity index (χ1) is 14.8. The normalized spacial score (nSPS) is 14.2. The van der Waals surface area contributed by atoms with E-state index in [1.807, 2.05) is 44.2 Å². The minimum Gasteiger partial charge on any atom is -0.357 e. The van der Waals surface area contributed by atoms with E-state index >= 15 is 0 Å². The van der Waals surface area contributed by atoms with Crippen molar-refractivity contribution in [2.45, 2.75) is 59.5 Å². The van der Waals surface area contributed by atoms with Gasteiger partial charge in [0.15, 0.2) is 0 Å². The Morgan fingerprint density at radius 3 is 2.06 bits per heavy atom. The SMILES string of the molecule is CNC(=O)[C@H](Cc1ccccc1)NC(=O)[C@@H](NC(=O)[C@H](CC(C)C)C[N+](=O)[O-])C(C)(C)C. The number of likely N-dealkylation sites (N-methyl/N-ethyl adjacent to an activating group) is 1. The van der Waals surface area contributed by atoms with Gasteiger partial charge in [0.05, 0.1) is 0 Å². The van der Waals surface area contributed by atoms with Crippen LogP contribution in [0.4, 0.5) is 0 Å². The van der Waals surface area contributed by atoms with Gasteiger partial charge < -0.3 is 16.0 Å². The predicted octanol–water partition coefficient (Wildman–Crippen LogP) is 1.93. The van der Waals surface area contributed by atoms with Gasteiger partial charge in [-0.1, -0.05) is 65.0 Å². The average Bonchev–Trinajstić information content (AvgIpc) is 2.69. The molecule has 1 aromatic rings. The Hall–Kier alpha value is -2.97. The van der Waals surface area contributed by atoms with Crippen LogP contribution in [0.2, 0.25) is 0 Å². The summed E-state index contributed by atoms with van der Waals surface area (Å²) in [5.41, 5.74) is 0.192. The van der Waals surface area contributed by atoms with Crippen LogP contribution >= 0.6 is 0 Å². The Kier molecular flexibility index (Phi) is 10.3. The maximum absolute atomic E-state index is 13.2. The molecule has 0 aliphatic heterocycles. The van der Waals surface area contributed by atoms with Gasteiger partial charge in [0.25, 0.3) is 0 Å². The lowest BCUT2D eigenvalue weighted by Gasteiger charge is -2.32. The van der Waals surface area contributed by atoms with Crippen LogP contribution in [0.15, 0.2) is 30.3 Å². The zero-order valence-corrected chi connectivity index (χ0v) is 19.8. The first kappa shape index (κ1) is 27.1. The molecule has 0 saturated heterocycles. The molecule has 3 amide bonds. The predicted molar refractivity (Wildman–Crippen MR) is 122 cm³/mol. The minimum atomic E-state index is -0.973. The number of carbonyl (C=O) groups is 3. The summed E-state index contributed by atoms with van der Waals surface area (Å²) in [6.45, 7) is 8.62. The van der Waals surface area contributed by atoms with Crippen molar-refractivity contribution >= 4 is 17.7 Å². The van der Waals surface area contributed by atoms with Crippen LogP contribution in [0.5, 0.6) is 0 Å². The van der Waals surface area contributed by atoms with Crippen molar-refractivity contribution in [1.29, 1.82) is 0 Å². The molecular weight excluding hydrogens is 412 g/mol. The molecule has 3 atom stereocenters. The fourth-order valence-corrected chi connectivity index (χ4v) is 3.44. The molecule has 0 spiro atoms. The number of amides is 3. The second kappa shape index (κ2) is 12.2. The Bertz CT molecular complexity index is 789. The molecule has 32 heavy (non-hydrogen) atoms. The maximum Gasteiger partial charge on any atom is 0.243 e. The van der Waals surface area contributed by atoms with E-state index in [1.165, 1.54) is 7.05 Å². The van der Waals surface area contributed by atoms with Gasteiger partial charge in [-0.2, -0.15) is 0 Å². The van der Waals surface area contributed by atoms with Crippen molar-refractivity contribution in [2.24, 2.45) is 17.3 Å². The summed E-state index contributed by atoms with van der Waals surface area (Å²) < 4.78 is 0. The van der Waals surface area contributed by atoms with E-state index in [4.69, 9.17) is 0 Å². The molecule has 0 saturated carbocycles. The Morgan fingerprint density at radius 2 is 1.59 bits per heavy atom. The van der Waals surface area contributed by atoms with Gasteiger partial charge in [0.2, 0.25) is 24.3 Å². The van der Waals surface area contributed by atoms with Crippen molar-refractivity contribution in [3.8, 4) is 0 Å². The summed E-state index contributed by atoms with van der Waals surface area (Å²) in [5, 5.41) is 19.1. The standard InChI is InChI=1S/C23H36N4O5/c1-15(2)12-17(14-27(31)32)20(28)26-19(23(3,4)5)22(30)25-18(21(29)24-6)13-16-10-8-7-9-11-16/h7-11,15,17-19H,12-14H2,1-6H3,(H,24,29)(H,25,30)(H,26,28)/t17-,18+,19-/m1/s1. The third kappa shape index (κ3) is 9.03. The van der Waals surface area contributed by atoms with E-state index in [0.717, 1.165) is 5.56 Å². The molecule has 0 aromatic heterocycles. The van der Waals surface area contributed by atoms with Crippen LogP contribution in [0, 0.1) is 27.4 Å². The first-order valence-corrected chi connectivity index (χ1v) is 10.8. The van der Waals surface area contributed by atoms with Crippen LogP contribution in [-0.2, 0) is 20.8 Å². The molecule has 9 heteroatoms. The summed E-state index contributed by atoms with van der Waals surface area (Å²) >= 11 is 0. The maximum atomic E-state index is 13.2. The summed E-state index contributed by atoms with van der Waals surface area (Å²) in [4.78, 5) is 49.0. The molecular formula is C23H36N4O5. The van der Waals surface area contributed by atoms with Crippen LogP contribution in [0.3, 0.4) is 0 Å². The number of rotatable bonds is 11. The lowest BCUT2D eigenvalue weighted by molar-refractivity contribution is -0.486. The van der Waals surface area contributed by atoms with Crippen LogP contribution < -0.4 is 16.0 Å². The Labute approximate surface area is 189 Å². The number of nitro groups is 1. The van der Waals surface area contributed by atoms with Crippen LogP contribution in [0.1, 0.15) is 46.6 Å². The summed E-state index contributed by atoms with van der Waals surface area (Å²) in [6, 6.07) is 7.47. The molecule has 0 aliphatic rings. The topological polar surface area (TPSA) is 130 Å². The lowest BCUT2D eigenvalue weighted by Crippen LogP contribution is -2.59. The minimum absolute atomic E-state index is 0.0797. The highest BCUT2D eigenvalue weighted by Crippen LogP contribution is 2.21. The zero-order chi connectivity index (χ0) is 24.5. The molecule has 0 fully saturated rings. The van der Waals surface area contributed by atoms with Gasteiger partial charge in [-0.15, -0.1) is 0 Å². The molecule has 0 unspecified atom stereocenters. The third-order valence-corrected chi connectivity index (χ3v) is 5.07. The molecule has 0 aliphatic carbocycles. The fourth-order valence-electron chi connectivity index (χ4n) is 3.44. The Balaban J connectivity index is 3.05. The van der Waals surface area contributed by atoms with Crippen molar-refractivity contribution in [2.75, 3.05) is 13.6 Å². The monoisotopic (exact) mass is 448 g/mol. The van der Waals surface area contributed by atoms with Gasteiger partial charge in [-0.3, -0.25) is 24.5 Å². The van der Waals surface area contributed by atoms with E-state index < -0.39 is 46.7 Å². The number of hydrogen-bond acceptors (Lipinski definition) is 5. The molecule has 1 aromatic carbocycles. The van der Waals surface area contributed by atoms with E-state index in [0.29, 0.717) is 6.42 Å². The van der Waals surface area contributed by atoms with Crippen molar-refractivity contribution in [3.63, 3.8) is 0 Å². The number of hydrogen-bond donors (Lipinski definition) is 3.